The minimum atomic E-state index is -4.61. The Morgan fingerprint density at radius 1 is 1.10 bits per heavy atom. The van der Waals surface area contributed by atoms with E-state index in [1.165, 1.54) is 33.9 Å². The van der Waals surface area contributed by atoms with E-state index in [4.69, 9.17) is 11.6 Å². The number of nitrogens with zero attached hydrogens (tertiary/aromatic N) is 2. The summed E-state index contributed by atoms with van der Waals surface area (Å²) in [5, 5.41) is 0.448. The van der Waals surface area contributed by atoms with Crippen LogP contribution in [0.15, 0.2) is 53.5 Å². The molecule has 1 aliphatic heterocycles. The Balaban J connectivity index is 1.70. The van der Waals surface area contributed by atoms with Gasteiger partial charge in [0.2, 0.25) is 5.91 Å². The molecule has 1 aromatic heterocycles. The van der Waals surface area contributed by atoms with E-state index in [9.17, 15) is 27.2 Å². The van der Waals surface area contributed by atoms with Crippen LogP contribution in [0.25, 0.3) is 21.9 Å². The fraction of sp³-hybridized carbons (Fsp3) is 0.273. The first kappa shape index (κ1) is 21.4. The van der Waals surface area contributed by atoms with E-state index in [1.54, 1.807) is 18.2 Å². The van der Waals surface area contributed by atoms with E-state index in [1.807, 2.05) is 0 Å². The van der Waals surface area contributed by atoms with Crippen molar-refractivity contribution in [2.75, 3.05) is 13.1 Å². The van der Waals surface area contributed by atoms with Gasteiger partial charge < -0.3 is 9.47 Å². The van der Waals surface area contributed by atoms with E-state index >= 15 is 0 Å². The van der Waals surface area contributed by atoms with Crippen LogP contribution in [0.4, 0.5) is 17.6 Å². The lowest BCUT2D eigenvalue weighted by Gasteiger charge is -2.16. The summed E-state index contributed by atoms with van der Waals surface area (Å²) in [6.07, 6.45) is -3.90. The van der Waals surface area contributed by atoms with Gasteiger partial charge in [-0.1, -0.05) is 29.8 Å². The Labute approximate surface area is 179 Å². The molecule has 1 unspecified atom stereocenters. The Hall–Kier alpha value is -2.87. The second-order valence-electron chi connectivity index (χ2n) is 7.47. The number of aromatic nitrogens is 1. The van der Waals surface area contributed by atoms with E-state index < -0.39 is 28.5 Å². The SMILES string of the molecule is O=C(Cn1ccc2ccc(-c3ccc(Cl)c(C(F)(F)F)c3)cc2c1=O)N1CCC(F)C1. The summed E-state index contributed by atoms with van der Waals surface area (Å²) in [7, 11) is 0. The van der Waals surface area contributed by atoms with Gasteiger partial charge in [-0.2, -0.15) is 13.2 Å². The summed E-state index contributed by atoms with van der Waals surface area (Å²) in [4.78, 5) is 26.7. The molecule has 0 bridgehead atoms. The summed E-state index contributed by atoms with van der Waals surface area (Å²) in [6.45, 7) is 0.0961. The normalized spacial score (nSPS) is 16.8. The van der Waals surface area contributed by atoms with Gasteiger partial charge in [0.05, 0.1) is 17.1 Å². The van der Waals surface area contributed by atoms with Crippen molar-refractivity contribution in [1.82, 2.24) is 9.47 Å². The van der Waals surface area contributed by atoms with Crippen LogP contribution < -0.4 is 5.56 Å². The lowest BCUT2D eigenvalue weighted by Crippen LogP contribution is -2.35. The molecule has 4 rings (SSSR count). The highest BCUT2D eigenvalue weighted by Crippen LogP contribution is 2.37. The number of benzene rings is 2. The zero-order valence-corrected chi connectivity index (χ0v) is 16.9. The number of alkyl halides is 4. The third-order valence-corrected chi connectivity index (χ3v) is 5.70. The lowest BCUT2D eigenvalue weighted by atomic mass is 10.00. The third kappa shape index (κ3) is 4.30. The summed E-state index contributed by atoms with van der Waals surface area (Å²) < 4.78 is 54.2. The number of likely N-dealkylation sites (tertiary alicyclic amines) is 1. The van der Waals surface area contributed by atoms with Gasteiger partial charge in [0.25, 0.3) is 5.56 Å². The molecule has 2 heterocycles. The zero-order chi connectivity index (χ0) is 22.3. The third-order valence-electron chi connectivity index (χ3n) is 5.37. The standard InChI is InChI=1S/C22H17ClF4N2O2/c23-19-4-3-15(10-18(19)22(25,26)27)14-2-1-13-5-7-29(21(31)17(13)9-14)12-20(30)28-8-6-16(24)11-28/h1-5,7,9-10,16H,6,8,11-12H2. The molecule has 1 fully saturated rings. The van der Waals surface area contributed by atoms with Gasteiger partial charge in [0.15, 0.2) is 0 Å². The maximum atomic E-state index is 13.4. The molecule has 0 aliphatic carbocycles. The smallest absolute Gasteiger partial charge is 0.338 e. The Bertz CT molecular complexity index is 1220. The molecular formula is C22H17ClF4N2O2. The van der Waals surface area contributed by atoms with Crippen molar-refractivity contribution in [3.8, 4) is 11.1 Å². The molecule has 4 nitrogen and oxygen atoms in total. The van der Waals surface area contributed by atoms with Gasteiger partial charge in [-0.15, -0.1) is 0 Å². The van der Waals surface area contributed by atoms with Crippen molar-refractivity contribution in [2.24, 2.45) is 0 Å². The van der Waals surface area contributed by atoms with Gasteiger partial charge in [-0.05, 0) is 47.2 Å². The van der Waals surface area contributed by atoms with Crippen LogP contribution in [-0.2, 0) is 17.5 Å². The molecule has 1 atom stereocenters. The first-order valence-corrected chi connectivity index (χ1v) is 9.93. The first-order chi connectivity index (χ1) is 14.6. The van der Waals surface area contributed by atoms with E-state index in [-0.39, 0.29) is 36.4 Å². The molecule has 0 radical (unpaired) electrons. The highest BCUT2D eigenvalue weighted by molar-refractivity contribution is 6.31. The maximum Gasteiger partial charge on any atom is 0.417 e. The number of carbonyl (C=O) groups is 1. The summed E-state index contributed by atoms with van der Waals surface area (Å²) >= 11 is 5.69. The predicted molar refractivity (Wildman–Crippen MR) is 110 cm³/mol. The fourth-order valence-corrected chi connectivity index (χ4v) is 3.92. The van der Waals surface area contributed by atoms with Gasteiger partial charge in [-0.25, -0.2) is 4.39 Å². The molecule has 3 aromatic rings. The highest BCUT2D eigenvalue weighted by Gasteiger charge is 2.33. The van der Waals surface area contributed by atoms with Crippen LogP contribution in [0, 0.1) is 0 Å². The number of rotatable bonds is 3. The molecule has 1 saturated heterocycles. The van der Waals surface area contributed by atoms with Gasteiger partial charge in [0.1, 0.15) is 12.7 Å². The van der Waals surface area contributed by atoms with E-state index in [0.717, 1.165) is 6.07 Å². The monoisotopic (exact) mass is 452 g/mol. The lowest BCUT2D eigenvalue weighted by molar-refractivity contribution is -0.137. The minimum Gasteiger partial charge on any atom is -0.338 e. The molecule has 31 heavy (non-hydrogen) atoms. The molecule has 0 saturated carbocycles. The second kappa shape index (κ2) is 8.00. The molecule has 162 valence electrons. The van der Waals surface area contributed by atoms with Crippen molar-refractivity contribution in [3.05, 3.63) is 69.6 Å². The van der Waals surface area contributed by atoms with Crippen molar-refractivity contribution >= 4 is 28.3 Å². The van der Waals surface area contributed by atoms with Gasteiger partial charge >= 0.3 is 6.18 Å². The Morgan fingerprint density at radius 2 is 1.81 bits per heavy atom. The van der Waals surface area contributed by atoms with Crippen LogP contribution in [-0.4, -0.2) is 34.6 Å². The average molecular weight is 453 g/mol. The minimum absolute atomic E-state index is 0.0173. The zero-order valence-electron chi connectivity index (χ0n) is 16.1. The van der Waals surface area contributed by atoms with E-state index in [0.29, 0.717) is 17.5 Å². The Kier molecular flexibility index (Phi) is 5.51. The molecule has 9 heteroatoms. The second-order valence-corrected chi connectivity index (χ2v) is 7.88. The maximum absolute atomic E-state index is 13.4. The van der Waals surface area contributed by atoms with E-state index in [2.05, 4.69) is 0 Å². The van der Waals surface area contributed by atoms with Crippen molar-refractivity contribution in [1.29, 1.82) is 0 Å². The van der Waals surface area contributed by atoms with Crippen LogP contribution in [0.3, 0.4) is 0 Å². The van der Waals surface area contributed by atoms with Crippen LogP contribution >= 0.6 is 11.6 Å². The number of carbonyl (C=O) groups excluding carboxylic acids is 1. The number of pyridine rings is 1. The van der Waals surface area contributed by atoms with Crippen LogP contribution in [0.2, 0.25) is 5.02 Å². The van der Waals surface area contributed by atoms with Crippen molar-refractivity contribution in [3.63, 3.8) is 0 Å². The molecule has 0 spiro atoms. The first-order valence-electron chi connectivity index (χ1n) is 9.55. The summed E-state index contributed by atoms with van der Waals surface area (Å²) in [6, 6.07) is 9.95. The molecular weight excluding hydrogens is 436 g/mol. The molecule has 2 aromatic carbocycles. The van der Waals surface area contributed by atoms with Crippen molar-refractivity contribution < 1.29 is 22.4 Å². The van der Waals surface area contributed by atoms with Gasteiger partial charge in [0, 0.05) is 18.1 Å². The Morgan fingerprint density at radius 3 is 2.48 bits per heavy atom. The molecule has 0 N–H and O–H groups in total. The summed E-state index contributed by atoms with van der Waals surface area (Å²) in [5.74, 6) is -0.356. The fourth-order valence-electron chi connectivity index (χ4n) is 3.70. The predicted octanol–water partition coefficient (Wildman–Crippen LogP) is 4.91. The highest BCUT2D eigenvalue weighted by atomic mass is 35.5. The van der Waals surface area contributed by atoms with Gasteiger partial charge in [-0.3, -0.25) is 9.59 Å². The van der Waals surface area contributed by atoms with Crippen molar-refractivity contribution in [2.45, 2.75) is 25.3 Å². The average Bonchev–Trinajstić information content (AvgIpc) is 3.16. The number of fused-ring (bicyclic) bond motifs is 1. The quantitative estimate of drug-likeness (QED) is 0.530. The summed E-state index contributed by atoms with van der Waals surface area (Å²) in [5.41, 5.74) is -0.737. The number of hydrogen-bond donors (Lipinski definition) is 0. The molecule has 1 amide bonds. The topological polar surface area (TPSA) is 42.3 Å². The largest absolute Gasteiger partial charge is 0.417 e. The number of amides is 1. The number of halogens is 5. The van der Waals surface area contributed by atoms with Crippen LogP contribution in [0.5, 0.6) is 0 Å². The van der Waals surface area contributed by atoms with Crippen LogP contribution in [0.1, 0.15) is 12.0 Å². The number of hydrogen-bond acceptors (Lipinski definition) is 2. The molecule has 1 aliphatic rings.